The summed E-state index contributed by atoms with van der Waals surface area (Å²) in [5, 5.41) is 10.5. The summed E-state index contributed by atoms with van der Waals surface area (Å²) in [5.41, 5.74) is -0.314. The van der Waals surface area contributed by atoms with Gasteiger partial charge in [-0.2, -0.15) is 0 Å². The van der Waals surface area contributed by atoms with E-state index in [0.717, 1.165) is 4.90 Å². The van der Waals surface area contributed by atoms with Gasteiger partial charge in [0, 0.05) is 11.1 Å². The second-order valence-corrected chi connectivity index (χ2v) is 7.00. The largest absolute Gasteiger partial charge is 0.352 e. The van der Waals surface area contributed by atoms with Crippen molar-refractivity contribution in [2.24, 2.45) is 0 Å². The summed E-state index contributed by atoms with van der Waals surface area (Å²) in [6.45, 7) is 5.14. The van der Waals surface area contributed by atoms with E-state index in [9.17, 15) is 28.5 Å². The van der Waals surface area contributed by atoms with Crippen molar-refractivity contribution >= 4 is 34.7 Å². The highest BCUT2D eigenvalue weighted by molar-refractivity contribution is 6.33. The third-order valence-electron chi connectivity index (χ3n) is 4.46. The lowest BCUT2D eigenvalue weighted by molar-refractivity contribution is -0.491. The number of pyridine rings is 1. The van der Waals surface area contributed by atoms with Crippen molar-refractivity contribution in [3.63, 3.8) is 0 Å². The Hall–Kier alpha value is -2.94. The van der Waals surface area contributed by atoms with Crippen LogP contribution in [-0.4, -0.2) is 27.6 Å². The Labute approximate surface area is 163 Å². The molecule has 2 aromatic rings. The van der Waals surface area contributed by atoms with Gasteiger partial charge in [-0.3, -0.25) is 29.6 Å². The molecule has 1 atom stereocenters. The summed E-state index contributed by atoms with van der Waals surface area (Å²) in [4.78, 5) is 40.7. The Morgan fingerprint density at radius 1 is 1.29 bits per heavy atom. The third-order valence-corrected chi connectivity index (χ3v) is 4.81. The molecule has 1 aliphatic heterocycles. The van der Waals surface area contributed by atoms with Crippen LogP contribution < -0.4 is 4.90 Å². The van der Waals surface area contributed by atoms with Crippen LogP contribution in [0.15, 0.2) is 18.3 Å². The number of aromatic nitrogens is 1. The van der Waals surface area contributed by atoms with E-state index in [2.05, 4.69) is 4.98 Å². The number of Topliss-reactive ketones (excluding diaryl/α,β-unsaturated/α-hetero) is 1. The number of aryl methyl sites for hydroxylation is 1. The first-order valence-electron chi connectivity index (χ1n) is 8.22. The number of hydrogen-bond donors (Lipinski definition) is 0. The minimum absolute atomic E-state index is 0.102. The Kier molecular flexibility index (Phi) is 4.88. The van der Waals surface area contributed by atoms with Crippen molar-refractivity contribution in [2.75, 3.05) is 4.90 Å². The average Bonchev–Trinajstić information content (AvgIpc) is 2.61. The molecule has 28 heavy (non-hydrogen) atoms. The Morgan fingerprint density at radius 3 is 2.50 bits per heavy atom. The number of hydrogen-bond acceptors (Lipinski definition) is 5. The molecule has 7 nitrogen and oxygen atoms in total. The summed E-state index contributed by atoms with van der Waals surface area (Å²) >= 11 is 5.66. The van der Waals surface area contributed by atoms with Gasteiger partial charge in [0.2, 0.25) is 5.78 Å². The zero-order valence-electron chi connectivity index (χ0n) is 15.0. The number of anilines is 2. The molecule has 10 heteroatoms. The predicted octanol–water partition coefficient (Wildman–Crippen LogP) is 3.95. The second-order valence-electron chi connectivity index (χ2n) is 6.62. The van der Waals surface area contributed by atoms with Crippen molar-refractivity contribution in [1.29, 1.82) is 0 Å². The Balaban J connectivity index is 2.45. The number of nitrogens with zero attached hydrogens (tertiary/aromatic N) is 3. The first kappa shape index (κ1) is 19.8. The van der Waals surface area contributed by atoms with Gasteiger partial charge in [0.1, 0.15) is 10.8 Å². The number of carbonyl (C=O) groups is 2. The number of ketones is 1. The zero-order chi connectivity index (χ0) is 20.9. The van der Waals surface area contributed by atoms with Crippen LogP contribution in [-0.2, 0) is 4.79 Å². The molecule has 0 fully saturated rings. The van der Waals surface area contributed by atoms with Gasteiger partial charge in [0.05, 0.1) is 22.6 Å². The summed E-state index contributed by atoms with van der Waals surface area (Å²) < 4.78 is 28.9. The molecule has 0 spiro atoms. The molecule has 0 saturated heterocycles. The molecule has 1 unspecified atom stereocenters. The minimum Gasteiger partial charge on any atom is -0.286 e. The van der Waals surface area contributed by atoms with Crippen LogP contribution in [0.5, 0.6) is 0 Å². The van der Waals surface area contributed by atoms with Crippen LogP contribution in [0, 0.1) is 28.7 Å². The quantitative estimate of drug-likeness (QED) is 0.331. The molecular formula is C18H14ClF2N3O4. The number of halogens is 3. The van der Waals surface area contributed by atoms with Crippen molar-refractivity contribution in [3.8, 4) is 0 Å². The van der Waals surface area contributed by atoms with Crippen LogP contribution in [0.25, 0.3) is 0 Å². The number of benzene rings is 1. The van der Waals surface area contributed by atoms with Crippen LogP contribution in [0.2, 0.25) is 5.02 Å². The zero-order valence-corrected chi connectivity index (χ0v) is 15.8. The Bertz CT molecular complexity index is 1040. The van der Waals surface area contributed by atoms with E-state index in [-0.39, 0.29) is 11.6 Å². The van der Waals surface area contributed by atoms with E-state index in [4.69, 9.17) is 11.6 Å². The van der Waals surface area contributed by atoms with Gasteiger partial charge in [0.15, 0.2) is 5.82 Å². The molecule has 146 valence electrons. The fourth-order valence-corrected chi connectivity index (χ4v) is 3.32. The molecule has 3 rings (SSSR count). The molecule has 1 aliphatic rings. The maximum atomic E-state index is 14.9. The molecule has 0 bridgehead atoms. The first-order valence-corrected chi connectivity index (χ1v) is 8.60. The van der Waals surface area contributed by atoms with Gasteiger partial charge in [-0.25, -0.2) is 8.78 Å². The fourth-order valence-electron chi connectivity index (χ4n) is 3.18. The molecule has 0 saturated carbocycles. The average molecular weight is 410 g/mol. The maximum absolute atomic E-state index is 14.9. The van der Waals surface area contributed by atoms with Gasteiger partial charge >= 0.3 is 11.9 Å². The van der Waals surface area contributed by atoms with Gasteiger partial charge in [-0.05, 0) is 30.5 Å². The maximum Gasteiger partial charge on any atom is 0.352 e. The summed E-state index contributed by atoms with van der Waals surface area (Å²) in [5.74, 6) is -5.41. The van der Waals surface area contributed by atoms with Crippen molar-refractivity contribution < 1.29 is 23.3 Å². The number of fused-ring (bicyclic) bond motifs is 1. The topological polar surface area (TPSA) is 93.4 Å². The normalized spacial score (nSPS) is 16.5. The number of carbonyl (C=O) groups excluding carboxylic acids is 2. The molecular weight excluding hydrogens is 396 g/mol. The smallest absolute Gasteiger partial charge is 0.286 e. The van der Waals surface area contributed by atoms with Crippen molar-refractivity contribution in [3.05, 3.63) is 61.9 Å². The third kappa shape index (κ3) is 2.82. The molecule has 1 aromatic heterocycles. The van der Waals surface area contributed by atoms with E-state index in [1.54, 1.807) is 20.8 Å². The second kappa shape index (κ2) is 6.90. The minimum atomic E-state index is -2.33. The molecule has 0 radical (unpaired) electrons. The SMILES string of the molecule is Cc1ccnc(C(C)C)c1N1C(=O)C([N+](=O)[O-])C(=O)c2cc(F)c(Cl)c(F)c21. The summed E-state index contributed by atoms with van der Waals surface area (Å²) in [7, 11) is 0. The highest BCUT2D eigenvalue weighted by atomic mass is 35.5. The molecule has 0 N–H and O–H groups in total. The fraction of sp³-hybridized carbons (Fsp3) is 0.278. The monoisotopic (exact) mass is 409 g/mol. The van der Waals surface area contributed by atoms with Crippen LogP contribution in [0.4, 0.5) is 20.2 Å². The standard InChI is InChI=1S/C18H14ClF2N3O4/c1-7(2)13-14(8(3)4-5-22-13)23-15-9(6-10(20)11(19)12(15)21)17(25)16(18(23)26)24(27)28/h4-7,16H,1-3H3. The number of nitro groups is 1. The number of amides is 1. The first-order chi connectivity index (χ1) is 13.1. The van der Waals surface area contributed by atoms with E-state index < -0.39 is 50.6 Å². The highest BCUT2D eigenvalue weighted by Crippen LogP contribution is 2.43. The Morgan fingerprint density at radius 2 is 1.93 bits per heavy atom. The molecule has 1 amide bonds. The lowest BCUT2D eigenvalue weighted by Gasteiger charge is -2.33. The van der Waals surface area contributed by atoms with E-state index in [0.29, 0.717) is 17.3 Å². The van der Waals surface area contributed by atoms with Crippen molar-refractivity contribution in [2.45, 2.75) is 32.7 Å². The van der Waals surface area contributed by atoms with Gasteiger partial charge in [-0.15, -0.1) is 0 Å². The van der Waals surface area contributed by atoms with Gasteiger partial charge in [0.25, 0.3) is 0 Å². The van der Waals surface area contributed by atoms with Crippen LogP contribution in [0.3, 0.4) is 0 Å². The lowest BCUT2D eigenvalue weighted by Crippen LogP contribution is -2.50. The molecule has 1 aromatic carbocycles. The van der Waals surface area contributed by atoms with E-state index in [1.165, 1.54) is 12.3 Å². The predicted molar refractivity (Wildman–Crippen MR) is 96.7 cm³/mol. The molecule has 2 heterocycles. The summed E-state index contributed by atoms with van der Waals surface area (Å²) in [6.07, 6.45) is 1.48. The lowest BCUT2D eigenvalue weighted by atomic mass is 9.93. The highest BCUT2D eigenvalue weighted by Gasteiger charge is 2.51. The van der Waals surface area contributed by atoms with Crippen LogP contribution >= 0.6 is 11.6 Å². The van der Waals surface area contributed by atoms with E-state index in [1.807, 2.05) is 0 Å². The summed E-state index contributed by atoms with van der Waals surface area (Å²) in [6, 6.07) is -0.179. The van der Waals surface area contributed by atoms with Crippen molar-refractivity contribution in [1.82, 2.24) is 4.98 Å². The van der Waals surface area contributed by atoms with Crippen LogP contribution in [0.1, 0.15) is 41.4 Å². The molecule has 0 aliphatic carbocycles. The number of rotatable bonds is 3. The van der Waals surface area contributed by atoms with Gasteiger partial charge in [-0.1, -0.05) is 25.4 Å². The van der Waals surface area contributed by atoms with E-state index >= 15 is 0 Å². The van der Waals surface area contributed by atoms with Gasteiger partial charge < -0.3 is 0 Å².